The van der Waals surface area contributed by atoms with E-state index in [1.54, 1.807) is 30.2 Å². The fourth-order valence-electron chi connectivity index (χ4n) is 2.97. The summed E-state index contributed by atoms with van der Waals surface area (Å²) in [6.45, 7) is 3.96. The zero-order chi connectivity index (χ0) is 17.7. The van der Waals surface area contributed by atoms with E-state index in [4.69, 9.17) is 9.47 Å². The second-order valence-electron chi connectivity index (χ2n) is 5.66. The summed E-state index contributed by atoms with van der Waals surface area (Å²) in [6, 6.07) is 4.61. The van der Waals surface area contributed by atoms with Crippen LogP contribution in [0.5, 0.6) is 11.5 Å². The summed E-state index contributed by atoms with van der Waals surface area (Å²) in [7, 11) is 3.07. The lowest BCUT2D eigenvalue weighted by atomic mass is 10.1. The maximum Gasteiger partial charge on any atom is 0.320 e. The Hall–Kier alpha value is -2.28. The van der Waals surface area contributed by atoms with Crippen LogP contribution in [0, 0.1) is 0 Å². The van der Waals surface area contributed by atoms with E-state index in [-0.39, 0.29) is 5.91 Å². The Balaban J connectivity index is 2.06. The van der Waals surface area contributed by atoms with Crippen molar-refractivity contribution in [2.24, 2.45) is 0 Å². The van der Waals surface area contributed by atoms with Crippen molar-refractivity contribution in [3.8, 4) is 11.5 Å². The monoisotopic (exact) mass is 336 g/mol. The molecular weight excluding hydrogens is 312 g/mol. The summed E-state index contributed by atoms with van der Waals surface area (Å²) in [4.78, 5) is 27.6. The van der Waals surface area contributed by atoms with E-state index in [1.807, 2.05) is 11.8 Å². The van der Waals surface area contributed by atoms with Gasteiger partial charge in [0.2, 0.25) is 0 Å². The van der Waals surface area contributed by atoms with Crippen molar-refractivity contribution in [2.75, 3.05) is 40.4 Å². The van der Waals surface area contributed by atoms with E-state index in [9.17, 15) is 14.7 Å². The molecule has 1 amide bonds. The van der Waals surface area contributed by atoms with Crippen LogP contribution in [0.3, 0.4) is 0 Å². The molecule has 0 aliphatic carbocycles. The van der Waals surface area contributed by atoms with Gasteiger partial charge in [-0.1, -0.05) is 6.92 Å². The topological polar surface area (TPSA) is 79.3 Å². The minimum Gasteiger partial charge on any atom is -0.497 e. The van der Waals surface area contributed by atoms with E-state index < -0.39 is 12.0 Å². The Bertz CT molecular complexity index is 597. The number of amides is 1. The molecule has 7 heteroatoms. The van der Waals surface area contributed by atoms with Crippen molar-refractivity contribution in [1.29, 1.82) is 0 Å². The third kappa shape index (κ3) is 3.79. The molecular formula is C17H24N2O5. The van der Waals surface area contributed by atoms with Gasteiger partial charge < -0.3 is 19.5 Å². The fourth-order valence-corrected chi connectivity index (χ4v) is 2.97. The molecule has 24 heavy (non-hydrogen) atoms. The van der Waals surface area contributed by atoms with Gasteiger partial charge in [0.05, 0.1) is 19.8 Å². The normalized spacial score (nSPS) is 16.5. The highest BCUT2D eigenvalue weighted by Gasteiger charge is 2.30. The highest BCUT2D eigenvalue weighted by molar-refractivity contribution is 5.97. The first kappa shape index (κ1) is 18.1. The SMILES string of the molecule is CCC(C(=O)O)N1CCN(C(=O)c2ccc(OC)cc2OC)CC1. The van der Waals surface area contributed by atoms with Crippen LogP contribution in [-0.4, -0.2) is 73.2 Å². The molecule has 1 N–H and O–H groups in total. The van der Waals surface area contributed by atoms with Crippen LogP contribution >= 0.6 is 0 Å². The average molecular weight is 336 g/mol. The lowest BCUT2D eigenvalue weighted by Crippen LogP contribution is -2.53. The van der Waals surface area contributed by atoms with Gasteiger partial charge in [-0.3, -0.25) is 14.5 Å². The third-order valence-electron chi connectivity index (χ3n) is 4.35. The number of piperazine rings is 1. The summed E-state index contributed by atoms with van der Waals surface area (Å²) in [5.41, 5.74) is 0.483. The Kier molecular flexibility index (Phi) is 6.03. The molecule has 1 aromatic carbocycles. The molecule has 1 aliphatic heterocycles. The molecule has 7 nitrogen and oxygen atoms in total. The molecule has 0 spiro atoms. The summed E-state index contributed by atoms with van der Waals surface area (Å²) in [6.07, 6.45) is 0.551. The summed E-state index contributed by atoms with van der Waals surface area (Å²) < 4.78 is 10.4. The molecule has 132 valence electrons. The number of carboxylic acids is 1. The number of benzene rings is 1. The Labute approximate surface area is 141 Å². The van der Waals surface area contributed by atoms with Crippen LogP contribution in [0.2, 0.25) is 0 Å². The minimum absolute atomic E-state index is 0.113. The highest BCUT2D eigenvalue weighted by atomic mass is 16.5. The average Bonchev–Trinajstić information content (AvgIpc) is 2.61. The number of hydrogen-bond donors (Lipinski definition) is 1. The molecule has 2 rings (SSSR count). The lowest BCUT2D eigenvalue weighted by Gasteiger charge is -2.37. The number of carbonyl (C=O) groups excluding carboxylic acids is 1. The zero-order valence-corrected chi connectivity index (χ0v) is 14.3. The number of carbonyl (C=O) groups is 2. The van der Waals surface area contributed by atoms with Crippen molar-refractivity contribution >= 4 is 11.9 Å². The van der Waals surface area contributed by atoms with Gasteiger partial charge in [-0.25, -0.2) is 0 Å². The molecule has 0 saturated carbocycles. The van der Waals surface area contributed by atoms with Gasteiger partial charge in [-0.15, -0.1) is 0 Å². The Morgan fingerprint density at radius 3 is 2.33 bits per heavy atom. The van der Waals surface area contributed by atoms with Gasteiger partial charge >= 0.3 is 5.97 Å². The van der Waals surface area contributed by atoms with Gasteiger partial charge in [-0.05, 0) is 18.6 Å². The van der Waals surface area contributed by atoms with Crippen LogP contribution in [0.25, 0.3) is 0 Å². The lowest BCUT2D eigenvalue weighted by molar-refractivity contribution is -0.144. The van der Waals surface area contributed by atoms with E-state index >= 15 is 0 Å². The smallest absolute Gasteiger partial charge is 0.320 e. The van der Waals surface area contributed by atoms with Gasteiger partial charge in [0, 0.05) is 32.2 Å². The molecule has 1 fully saturated rings. The summed E-state index contributed by atoms with van der Waals surface area (Å²) >= 11 is 0. The van der Waals surface area contributed by atoms with Crippen LogP contribution < -0.4 is 9.47 Å². The standard InChI is InChI=1S/C17H24N2O5/c1-4-14(17(21)22)18-7-9-19(10-8-18)16(20)13-6-5-12(23-2)11-15(13)24-3/h5-6,11,14H,4,7-10H2,1-3H3,(H,21,22). The quantitative estimate of drug-likeness (QED) is 0.844. The number of rotatable bonds is 6. The Morgan fingerprint density at radius 1 is 1.17 bits per heavy atom. The van der Waals surface area contributed by atoms with Crippen molar-refractivity contribution in [1.82, 2.24) is 9.80 Å². The first-order valence-corrected chi connectivity index (χ1v) is 8.00. The fraction of sp³-hybridized carbons (Fsp3) is 0.529. The van der Waals surface area contributed by atoms with Crippen LogP contribution in [0.15, 0.2) is 18.2 Å². The van der Waals surface area contributed by atoms with Crippen molar-refractivity contribution in [3.63, 3.8) is 0 Å². The Morgan fingerprint density at radius 2 is 1.83 bits per heavy atom. The van der Waals surface area contributed by atoms with Crippen LogP contribution in [-0.2, 0) is 4.79 Å². The minimum atomic E-state index is -0.811. The van der Waals surface area contributed by atoms with Crippen LogP contribution in [0.4, 0.5) is 0 Å². The second-order valence-corrected chi connectivity index (χ2v) is 5.66. The molecule has 1 aromatic rings. The van der Waals surface area contributed by atoms with Crippen LogP contribution in [0.1, 0.15) is 23.7 Å². The van der Waals surface area contributed by atoms with Crippen molar-refractivity contribution in [3.05, 3.63) is 23.8 Å². The third-order valence-corrected chi connectivity index (χ3v) is 4.35. The number of ether oxygens (including phenoxy) is 2. The van der Waals surface area contributed by atoms with E-state index in [1.165, 1.54) is 7.11 Å². The van der Waals surface area contributed by atoms with Gasteiger partial charge in [0.1, 0.15) is 17.5 Å². The molecule has 0 aromatic heterocycles. The summed E-state index contributed by atoms with van der Waals surface area (Å²) in [5.74, 6) is 0.172. The molecule has 1 saturated heterocycles. The predicted molar refractivity (Wildman–Crippen MR) is 88.7 cm³/mol. The molecule has 1 aliphatic rings. The largest absolute Gasteiger partial charge is 0.497 e. The highest BCUT2D eigenvalue weighted by Crippen LogP contribution is 2.26. The van der Waals surface area contributed by atoms with Crippen molar-refractivity contribution < 1.29 is 24.2 Å². The van der Waals surface area contributed by atoms with Crippen molar-refractivity contribution in [2.45, 2.75) is 19.4 Å². The van der Waals surface area contributed by atoms with E-state index in [0.717, 1.165) is 0 Å². The zero-order valence-electron chi connectivity index (χ0n) is 14.3. The molecule has 1 heterocycles. The summed E-state index contributed by atoms with van der Waals surface area (Å²) in [5, 5.41) is 9.25. The molecule has 1 atom stereocenters. The number of methoxy groups -OCH3 is 2. The van der Waals surface area contributed by atoms with Gasteiger partial charge in [0.15, 0.2) is 0 Å². The molecule has 0 radical (unpaired) electrons. The number of aliphatic carboxylic acids is 1. The second kappa shape index (κ2) is 8.01. The first-order chi connectivity index (χ1) is 11.5. The maximum atomic E-state index is 12.7. The number of carboxylic acid groups (broad SMARTS) is 1. The maximum absolute atomic E-state index is 12.7. The number of hydrogen-bond acceptors (Lipinski definition) is 5. The van der Waals surface area contributed by atoms with Gasteiger partial charge in [0.25, 0.3) is 5.91 Å². The first-order valence-electron chi connectivity index (χ1n) is 8.00. The molecule has 1 unspecified atom stereocenters. The van der Waals surface area contributed by atoms with E-state index in [2.05, 4.69) is 0 Å². The number of nitrogens with zero attached hydrogens (tertiary/aromatic N) is 2. The van der Waals surface area contributed by atoms with E-state index in [0.29, 0.717) is 49.7 Å². The van der Waals surface area contributed by atoms with Gasteiger partial charge in [-0.2, -0.15) is 0 Å². The predicted octanol–water partition coefficient (Wildman–Crippen LogP) is 1.32. The molecule has 0 bridgehead atoms.